The summed E-state index contributed by atoms with van der Waals surface area (Å²) in [5.74, 6) is 0.116. The number of carbonyl (C=O) groups excluding carboxylic acids is 1. The fraction of sp³-hybridized carbons (Fsp3) is 0.389. The van der Waals surface area contributed by atoms with E-state index in [-0.39, 0.29) is 24.7 Å². The quantitative estimate of drug-likeness (QED) is 0.555. The van der Waals surface area contributed by atoms with Crippen molar-refractivity contribution in [2.45, 2.75) is 33.2 Å². The van der Waals surface area contributed by atoms with Gasteiger partial charge in [0.1, 0.15) is 11.6 Å². The number of ether oxygens (including phenoxy) is 1. The number of nitrogen functional groups attached to an aromatic ring is 1. The molecule has 0 unspecified atom stereocenters. The molecule has 8 nitrogen and oxygen atoms in total. The van der Waals surface area contributed by atoms with Gasteiger partial charge in [0.05, 0.1) is 0 Å². The Kier molecular flexibility index (Phi) is 7.45. The zero-order chi connectivity index (χ0) is 20.0. The predicted molar refractivity (Wildman–Crippen MR) is 113 cm³/mol. The molecule has 0 radical (unpaired) electrons. The van der Waals surface area contributed by atoms with Gasteiger partial charge in [0.2, 0.25) is 0 Å². The third-order valence-corrected chi connectivity index (χ3v) is 4.73. The van der Waals surface area contributed by atoms with Crippen molar-refractivity contribution in [3.8, 4) is 5.75 Å². The van der Waals surface area contributed by atoms with Gasteiger partial charge in [-0.15, -0.1) is 0 Å². The molecule has 3 N–H and O–H groups in total. The van der Waals surface area contributed by atoms with E-state index in [1.54, 1.807) is 19.1 Å². The first-order valence-corrected chi connectivity index (χ1v) is 9.78. The summed E-state index contributed by atoms with van der Waals surface area (Å²) in [6.45, 7) is 4.05. The van der Waals surface area contributed by atoms with Crippen LogP contribution in [0.4, 0.5) is 11.5 Å². The summed E-state index contributed by atoms with van der Waals surface area (Å²) in [5.41, 5.74) is 4.79. The van der Waals surface area contributed by atoms with Gasteiger partial charge in [-0.05, 0) is 60.2 Å². The van der Waals surface area contributed by atoms with Crippen LogP contribution in [0.3, 0.4) is 0 Å². The molecule has 146 valence electrons. The number of nitrogens with one attached hydrogen (secondary N) is 1. The second kappa shape index (κ2) is 9.58. The topological polar surface area (TPSA) is 110 Å². The number of halogens is 1. The van der Waals surface area contributed by atoms with Crippen molar-refractivity contribution in [3.05, 3.63) is 48.7 Å². The van der Waals surface area contributed by atoms with Gasteiger partial charge in [-0.1, -0.05) is 13.3 Å². The second-order valence-corrected chi connectivity index (χ2v) is 7.12. The predicted octanol–water partition coefficient (Wildman–Crippen LogP) is 1.96. The Balaban J connectivity index is 2.27. The number of nitrogens with two attached hydrogens (primary N) is 1. The van der Waals surface area contributed by atoms with E-state index in [1.165, 1.54) is 9.47 Å². The molecule has 0 aliphatic heterocycles. The van der Waals surface area contributed by atoms with Gasteiger partial charge in [-0.25, -0.2) is 4.79 Å². The average Bonchev–Trinajstić information content (AvgIpc) is 2.64. The summed E-state index contributed by atoms with van der Waals surface area (Å²) < 4.78 is 7.85. The summed E-state index contributed by atoms with van der Waals surface area (Å²) in [6.07, 6.45) is 1.59. The van der Waals surface area contributed by atoms with Gasteiger partial charge in [-0.3, -0.25) is 19.1 Å². The van der Waals surface area contributed by atoms with Crippen molar-refractivity contribution in [2.24, 2.45) is 0 Å². The van der Waals surface area contributed by atoms with E-state index >= 15 is 0 Å². The minimum Gasteiger partial charge on any atom is -0.484 e. The number of unbranched alkanes of at least 4 members (excludes halogenated alkanes) is 1. The van der Waals surface area contributed by atoms with Crippen LogP contribution >= 0.6 is 22.6 Å². The van der Waals surface area contributed by atoms with E-state index in [4.69, 9.17) is 10.5 Å². The number of rotatable bonds is 8. The Morgan fingerprint density at radius 1 is 1.26 bits per heavy atom. The summed E-state index contributed by atoms with van der Waals surface area (Å²) in [5, 5.41) is 0. The lowest BCUT2D eigenvalue weighted by atomic mass is 10.3. The maximum absolute atomic E-state index is 12.6. The number of likely N-dealkylation sites (N-methyl/N-ethyl adjacent to an activating group) is 1. The third-order valence-electron chi connectivity index (χ3n) is 4.01. The molecule has 0 bridgehead atoms. The minimum atomic E-state index is -0.685. The zero-order valence-corrected chi connectivity index (χ0v) is 17.5. The minimum absolute atomic E-state index is 0.0123. The third kappa shape index (κ3) is 5.12. The number of aromatic nitrogens is 2. The van der Waals surface area contributed by atoms with Crippen molar-refractivity contribution in [1.82, 2.24) is 9.55 Å². The second-order valence-electron chi connectivity index (χ2n) is 5.88. The first-order chi connectivity index (χ1) is 12.9. The molecule has 1 amide bonds. The van der Waals surface area contributed by atoms with Crippen LogP contribution in [0, 0.1) is 3.57 Å². The number of hydrogen-bond donors (Lipinski definition) is 2. The molecule has 0 saturated heterocycles. The molecule has 2 rings (SSSR count). The van der Waals surface area contributed by atoms with Crippen LogP contribution in [-0.2, 0) is 11.3 Å². The Bertz CT molecular complexity index is 905. The van der Waals surface area contributed by atoms with Crippen LogP contribution in [0.1, 0.15) is 26.7 Å². The summed E-state index contributed by atoms with van der Waals surface area (Å²) in [6, 6.07) is 7.25. The SMILES string of the molecule is CCCCn1c(N)c(N(CC)C(=O)COc2ccc(I)cc2)c(=O)[nH]c1=O. The van der Waals surface area contributed by atoms with Gasteiger partial charge in [0.15, 0.2) is 12.3 Å². The monoisotopic (exact) mass is 486 g/mol. The maximum Gasteiger partial charge on any atom is 0.330 e. The van der Waals surface area contributed by atoms with E-state index < -0.39 is 17.2 Å². The van der Waals surface area contributed by atoms with Gasteiger partial charge in [0, 0.05) is 16.7 Å². The largest absolute Gasteiger partial charge is 0.484 e. The molecule has 0 saturated carbocycles. The number of carbonyl (C=O) groups is 1. The van der Waals surface area contributed by atoms with E-state index in [0.717, 1.165) is 16.4 Å². The first kappa shape index (κ1) is 21.0. The average molecular weight is 486 g/mol. The molecule has 1 heterocycles. The highest BCUT2D eigenvalue weighted by molar-refractivity contribution is 14.1. The molecule has 27 heavy (non-hydrogen) atoms. The van der Waals surface area contributed by atoms with E-state index in [9.17, 15) is 14.4 Å². The highest BCUT2D eigenvalue weighted by Crippen LogP contribution is 2.18. The van der Waals surface area contributed by atoms with Crippen molar-refractivity contribution in [2.75, 3.05) is 23.8 Å². The molecule has 0 aliphatic rings. The molecule has 0 spiro atoms. The molecule has 9 heteroatoms. The molecular formula is C18H23IN4O4. The van der Waals surface area contributed by atoms with Crippen molar-refractivity contribution in [3.63, 3.8) is 0 Å². The highest BCUT2D eigenvalue weighted by Gasteiger charge is 2.23. The fourth-order valence-electron chi connectivity index (χ4n) is 2.59. The van der Waals surface area contributed by atoms with E-state index in [1.807, 2.05) is 19.1 Å². The van der Waals surface area contributed by atoms with Crippen molar-refractivity contribution in [1.29, 1.82) is 0 Å². The summed E-state index contributed by atoms with van der Waals surface area (Å²) in [4.78, 5) is 40.5. The zero-order valence-electron chi connectivity index (χ0n) is 15.3. The summed E-state index contributed by atoms with van der Waals surface area (Å²) >= 11 is 2.17. The van der Waals surface area contributed by atoms with Gasteiger partial charge < -0.3 is 15.4 Å². The Labute approximate surface area is 170 Å². The Hall–Kier alpha value is -2.30. The van der Waals surface area contributed by atoms with Crippen LogP contribution in [-0.4, -0.2) is 28.6 Å². The normalized spacial score (nSPS) is 10.6. The standard InChI is InChI=1S/C18H23IN4O4/c1-3-5-10-23-16(20)15(17(25)21-18(23)26)22(4-2)14(24)11-27-13-8-6-12(19)7-9-13/h6-9H,3-5,10-11,20H2,1-2H3,(H,21,25,26). The molecule has 0 aliphatic carbocycles. The van der Waals surface area contributed by atoms with Crippen molar-refractivity contribution < 1.29 is 9.53 Å². The van der Waals surface area contributed by atoms with Crippen molar-refractivity contribution >= 4 is 40.0 Å². The summed E-state index contributed by atoms with van der Waals surface area (Å²) in [7, 11) is 0. The first-order valence-electron chi connectivity index (χ1n) is 8.70. The van der Waals surface area contributed by atoms with Crippen LogP contribution < -0.4 is 26.6 Å². The number of benzene rings is 1. The molecule has 1 aromatic heterocycles. The van der Waals surface area contributed by atoms with Gasteiger partial charge >= 0.3 is 5.69 Å². The Morgan fingerprint density at radius 2 is 1.93 bits per heavy atom. The number of amides is 1. The number of aromatic amines is 1. The number of H-pyrrole nitrogens is 1. The van der Waals surface area contributed by atoms with E-state index in [2.05, 4.69) is 27.6 Å². The number of anilines is 2. The smallest absolute Gasteiger partial charge is 0.330 e. The maximum atomic E-state index is 12.6. The lowest BCUT2D eigenvalue weighted by Gasteiger charge is -2.23. The highest BCUT2D eigenvalue weighted by atomic mass is 127. The van der Waals surface area contributed by atoms with Crippen LogP contribution in [0.15, 0.2) is 33.9 Å². The van der Waals surface area contributed by atoms with E-state index in [0.29, 0.717) is 12.3 Å². The van der Waals surface area contributed by atoms with Gasteiger partial charge in [0.25, 0.3) is 11.5 Å². The van der Waals surface area contributed by atoms with Crippen LogP contribution in [0.5, 0.6) is 5.75 Å². The van der Waals surface area contributed by atoms with Crippen LogP contribution in [0.25, 0.3) is 0 Å². The molecule has 2 aromatic rings. The molecule has 0 atom stereocenters. The van der Waals surface area contributed by atoms with Gasteiger partial charge in [-0.2, -0.15) is 0 Å². The molecule has 1 aromatic carbocycles. The molecule has 0 fully saturated rings. The number of hydrogen-bond acceptors (Lipinski definition) is 5. The van der Waals surface area contributed by atoms with Crippen LogP contribution in [0.2, 0.25) is 0 Å². The molecular weight excluding hydrogens is 463 g/mol. The Morgan fingerprint density at radius 3 is 2.52 bits per heavy atom. The lowest BCUT2D eigenvalue weighted by Crippen LogP contribution is -2.42. The number of nitrogens with zero attached hydrogens (tertiary/aromatic N) is 2. The fourth-order valence-corrected chi connectivity index (χ4v) is 2.95. The lowest BCUT2D eigenvalue weighted by molar-refractivity contribution is -0.120.